The molecule has 0 aliphatic heterocycles. The van der Waals surface area contributed by atoms with Gasteiger partial charge in [0.2, 0.25) is 0 Å². The lowest BCUT2D eigenvalue weighted by Gasteiger charge is -1.91. The van der Waals surface area contributed by atoms with Gasteiger partial charge in [-0.15, -0.1) is 0 Å². The van der Waals surface area contributed by atoms with Gasteiger partial charge in [0, 0.05) is 22.1 Å². The van der Waals surface area contributed by atoms with Crippen molar-refractivity contribution in [3.05, 3.63) is 34.4 Å². The van der Waals surface area contributed by atoms with Gasteiger partial charge in [-0.25, -0.2) is 0 Å². The highest BCUT2D eigenvalue weighted by Crippen LogP contribution is 2.23. The third-order valence-electron chi connectivity index (χ3n) is 1.88. The third kappa shape index (κ3) is 1.15. The summed E-state index contributed by atoms with van der Waals surface area (Å²) in [5.41, 5.74) is 7.71. The smallest absolute Gasteiger partial charge is 0.0600 e. The van der Waals surface area contributed by atoms with Crippen LogP contribution in [-0.2, 0) is 6.54 Å². The van der Waals surface area contributed by atoms with Gasteiger partial charge in [0.1, 0.15) is 0 Å². The van der Waals surface area contributed by atoms with E-state index >= 15 is 0 Å². The molecule has 12 heavy (non-hydrogen) atoms. The van der Waals surface area contributed by atoms with E-state index < -0.39 is 0 Å². The van der Waals surface area contributed by atoms with Gasteiger partial charge in [-0.2, -0.15) is 0 Å². The lowest BCUT2D eigenvalue weighted by atomic mass is 10.2. The summed E-state index contributed by atoms with van der Waals surface area (Å²) >= 11 is 3.47. The van der Waals surface area contributed by atoms with E-state index in [9.17, 15) is 0 Å². The Morgan fingerprint density at radius 2 is 2.25 bits per heavy atom. The van der Waals surface area contributed by atoms with E-state index in [0.29, 0.717) is 6.54 Å². The van der Waals surface area contributed by atoms with Crippen LogP contribution in [-0.4, -0.2) is 4.98 Å². The van der Waals surface area contributed by atoms with Crippen molar-refractivity contribution in [1.29, 1.82) is 0 Å². The number of nitrogens with two attached hydrogens (primary N) is 1. The summed E-state index contributed by atoms with van der Waals surface area (Å²) in [6, 6.07) is 8.16. The zero-order valence-corrected chi connectivity index (χ0v) is 8.06. The molecule has 62 valence electrons. The van der Waals surface area contributed by atoms with Crippen LogP contribution < -0.4 is 5.73 Å². The standard InChI is InChI=1S/C9H9BrN2/c10-8-3-1-2-6-4-7(5-11)12-9(6)8/h1-4,12H,5,11H2. The number of hydrogen-bond donors (Lipinski definition) is 2. The number of rotatable bonds is 1. The first kappa shape index (κ1) is 7.83. The molecule has 2 nitrogen and oxygen atoms in total. The van der Waals surface area contributed by atoms with Gasteiger partial charge in [-0.3, -0.25) is 0 Å². The van der Waals surface area contributed by atoms with Crippen LogP contribution in [0.1, 0.15) is 5.69 Å². The van der Waals surface area contributed by atoms with Gasteiger partial charge >= 0.3 is 0 Å². The average Bonchev–Trinajstić information content (AvgIpc) is 2.49. The molecule has 0 saturated heterocycles. The molecule has 0 saturated carbocycles. The molecule has 0 radical (unpaired) electrons. The Bertz CT molecular complexity index is 406. The van der Waals surface area contributed by atoms with E-state index in [1.54, 1.807) is 0 Å². The van der Waals surface area contributed by atoms with E-state index in [1.807, 2.05) is 12.1 Å². The summed E-state index contributed by atoms with van der Waals surface area (Å²) in [6.07, 6.45) is 0. The predicted octanol–water partition coefficient (Wildman–Crippen LogP) is 2.39. The van der Waals surface area contributed by atoms with Crippen LogP contribution >= 0.6 is 15.9 Å². The molecule has 0 amide bonds. The predicted molar refractivity (Wildman–Crippen MR) is 53.9 cm³/mol. The summed E-state index contributed by atoms with van der Waals surface area (Å²) in [5, 5.41) is 1.20. The summed E-state index contributed by atoms with van der Waals surface area (Å²) in [5.74, 6) is 0. The van der Waals surface area contributed by atoms with E-state index in [1.165, 1.54) is 5.39 Å². The maximum atomic E-state index is 5.52. The average molecular weight is 225 g/mol. The number of fused-ring (bicyclic) bond motifs is 1. The molecular formula is C9H9BrN2. The molecule has 2 rings (SSSR count). The van der Waals surface area contributed by atoms with Crippen LogP contribution in [0.2, 0.25) is 0 Å². The molecule has 0 atom stereocenters. The van der Waals surface area contributed by atoms with Crippen LogP contribution in [0.25, 0.3) is 10.9 Å². The van der Waals surface area contributed by atoms with Crippen molar-refractivity contribution in [2.24, 2.45) is 5.73 Å². The normalized spacial score (nSPS) is 10.8. The van der Waals surface area contributed by atoms with Crippen LogP contribution in [0.3, 0.4) is 0 Å². The zero-order valence-electron chi connectivity index (χ0n) is 6.47. The number of nitrogens with one attached hydrogen (secondary N) is 1. The summed E-state index contributed by atoms with van der Waals surface area (Å²) < 4.78 is 1.08. The van der Waals surface area contributed by atoms with Crippen molar-refractivity contribution in [2.45, 2.75) is 6.54 Å². The number of hydrogen-bond acceptors (Lipinski definition) is 1. The lowest BCUT2D eigenvalue weighted by molar-refractivity contribution is 1.02. The summed E-state index contributed by atoms with van der Waals surface area (Å²) in [4.78, 5) is 3.24. The second kappa shape index (κ2) is 2.92. The number of aromatic amines is 1. The van der Waals surface area contributed by atoms with E-state index in [4.69, 9.17) is 5.73 Å². The Hall–Kier alpha value is -0.800. The number of H-pyrrole nitrogens is 1. The molecule has 3 heteroatoms. The maximum absolute atomic E-state index is 5.52. The fourth-order valence-corrected chi connectivity index (χ4v) is 1.77. The minimum Gasteiger partial charge on any atom is -0.356 e. The van der Waals surface area contributed by atoms with Crippen LogP contribution in [0.4, 0.5) is 0 Å². The molecule has 3 N–H and O–H groups in total. The zero-order chi connectivity index (χ0) is 8.55. The molecule has 0 unspecified atom stereocenters. The Morgan fingerprint density at radius 1 is 1.42 bits per heavy atom. The largest absolute Gasteiger partial charge is 0.356 e. The Morgan fingerprint density at radius 3 is 2.92 bits per heavy atom. The first-order valence-corrected chi connectivity index (χ1v) is 4.57. The van der Waals surface area contributed by atoms with Gasteiger partial charge in [-0.1, -0.05) is 12.1 Å². The number of halogens is 1. The van der Waals surface area contributed by atoms with Crippen molar-refractivity contribution in [1.82, 2.24) is 4.98 Å². The van der Waals surface area contributed by atoms with E-state index in [0.717, 1.165) is 15.7 Å². The highest BCUT2D eigenvalue weighted by molar-refractivity contribution is 9.10. The van der Waals surface area contributed by atoms with Crippen LogP contribution in [0, 0.1) is 0 Å². The molecule has 0 aliphatic rings. The number of aromatic nitrogens is 1. The van der Waals surface area contributed by atoms with E-state index in [2.05, 4.69) is 33.0 Å². The van der Waals surface area contributed by atoms with Gasteiger partial charge in [0.05, 0.1) is 5.52 Å². The fraction of sp³-hybridized carbons (Fsp3) is 0.111. The molecule has 0 fully saturated rings. The monoisotopic (exact) mass is 224 g/mol. The van der Waals surface area contributed by atoms with Gasteiger partial charge < -0.3 is 10.7 Å². The Balaban J connectivity index is 2.74. The molecule has 0 bridgehead atoms. The molecule has 1 heterocycles. The molecule has 2 aromatic rings. The lowest BCUT2D eigenvalue weighted by Crippen LogP contribution is -1.95. The third-order valence-corrected chi connectivity index (χ3v) is 2.54. The highest BCUT2D eigenvalue weighted by Gasteiger charge is 2.00. The van der Waals surface area contributed by atoms with Crippen LogP contribution in [0.15, 0.2) is 28.7 Å². The molecule has 1 aromatic carbocycles. The minimum absolute atomic E-state index is 0.557. The second-order valence-electron chi connectivity index (χ2n) is 2.70. The molecule has 0 spiro atoms. The number of para-hydroxylation sites is 1. The second-order valence-corrected chi connectivity index (χ2v) is 3.56. The number of benzene rings is 1. The quantitative estimate of drug-likeness (QED) is 0.768. The fourth-order valence-electron chi connectivity index (χ4n) is 1.29. The topological polar surface area (TPSA) is 41.8 Å². The van der Waals surface area contributed by atoms with Gasteiger partial charge in [0.25, 0.3) is 0 Å². The van der Waals surface area contributed by atoms with Crippen molar-refractivity contribution in [3.8, 4) is 0 Å². The highest BCUT2D eigenvalue weighted by atomic mass is 79.9. The van der Waals surface area contributed by atoms with Crippen molar-refractivity contribution in [2.75, 3.05) is 0 Å². The first-order valence-electron chi connectivity index (χ1n) is 3.77. The Labute approximate surface area is 78.9 Å². The van der Waals surface area contributed by atoms with Gasteiger partial charge in [0.15, 0.2) is 0 Å². The maximum Gasteiger partial charge on any atom is 0.0600 e. The van der Waals surface area contributed by atoms with Gasteiger partial charge in [-0.05, 0) is 28.1 Å². The van der Waals surface area contributed by atoms with Crippen molar-refractivity contribution >= 4 is 26.8 Å². The van der Waals surface area contributed by atoms with Crippen LogP contribution in [0.5, 0.6) is 0 Å². The summed E-state index contributed by atoms with van der Waals surface area (Å²) in [7, 11) is 0. The molecular weight excluding hydrogens is 216 g/mol. The Kier molecular flexibility index (Phi) is 1.90. The van der Waals surface area contributed by atoms with Crippen molar-refractivity contribution < 1.29 is 0 Å². The molecule has 1 aromatic heterocycles. The minimum atomic E-state index is 0.557. The van der Waals surface area contributed by atoms with Crippen molar-refractivity contribution in [3.63, 3.8) is 0 Å². The first-order chi connectivity index (χ1) is 5.81. The molecule has 0 aliphatic carbocycles. The van der Waals surface area contributed by atoms with E-state index in [-0.39, 0.29) is 0 Å². The summed E-state index contributed by atoms with van der Waals surface area (Å²) in [6.45, 7) is 0.557. The SMILES string of the molecule is NCc1cc2cccc(Br)c2[nH]1.